The number of hydrogen-bond acceptors (Lipinski definition) is 6. The highest BCUT2D eigenvalue weighted by Crippen LogP contribution is 2.39. The summed E-state index contributed by atoms with van der Waals surface area (Å²) in [4.78, 5) is 35.7. The number of rotatable bonds is 6. The van der Waals surface area contributed by atoms with Gasteiger partial charge in [-0.15, -0.1) is 0 Å². The highest BCUT2D eigenvalue weighted by atomic mass is 16.5. The van der Waals surface area contributed by atoms with Gasteiger partial charge < -0.3 is 25.2 Å². The quantitative estimate of drug-likeness (QED) is 0.589. The van der Waals surface area contributed by atoms with Gasteiger partial charge in [0, 0.05) is 67.0 Å². The predicted octanol–water partition coefficient (Wildman–Crippen LogP) is 3.86. The van der Waals surface area contributed by atoms with Crippen LogP contribution >= 0.6 is 0 Å². The number of benzene rings is 1. The molecule has 0 aliphatic carbocycles. The molecule has 0 radical (unpaired) electrons. The molecule has 1 aromatic heterocycles. The summed E-state index contributed by atoms with van der Waals surface area (Å²) in [7, 11) is 0. The summed E-state index contributed by atoms with van der Waals surface area (Å²) in [6.07, 6.45) is 8.62. The summed E-state index contributed by atoms with van der Waals surface area (Å²) in [6.45, 7) is 9.18. The van der Waals surface area contributed by atoms with Crippen molar-refractivity contribution in [2.24, 2.45) is 0 Å². The fourth-order valence-electron chi connectivity index (χ4n) is 7.09. The summed E-state index contributed by atoms with van der Waals surface area (Å²) in [5.41, 5.74) is 3.47. The fourth-order valence-corrected chi connectivity index (χ4v) is 7.09. The number of amides is 2. The molecule has 0 unspecified atom stereocenters. The molecular formula is C31H41N5O3. The smallest absolute Gasteiger partial charge is 0.253 e. The minimum Gasteiger partial charge on any atom is -0.493 e. The third-order valence-electron chi connectivity index (χ3n) is 9.29. The molecule has 2 aromatic rings. The number of ether oxygens (including phenoxy) is 1. The Morgan fingerprint density at radius 2 is 1.67 bits per heavy atom. The van der Waals surface area contributed by atoms with Crippen LogP contribution in [0.15, 0.2) is 30.5 Å². The summed E-state index contributed by atoms with van der Waals surface area (Å²) in [5, 5.41) is 6.53. The Kier molecular flexibility index (Phi) is 7.23. The van der Waals surface area contributed by atoms with Gasteiger partial charge in [-0.2, -0.15) is 0 Å². The Morgan fingerprint density at radius 1 is 0.949 bits per heavy atom. The zero-order chi connectivity index (χ0) is 27.1. The normalized spacial score (nSPS) is 24.9. The van der Waals surface area contributed by atoms with Gasteiger partial charge in [0.25, 0.3) is 11.8 Å². The Labute approximate surface area is 231 Å². The van der Waals surface area contributed by atoms with Gasteiger partial charge in [-0.05, 0) is 83.1 Å². The van der Waals surface area contributed by atoms with Gasteiger partial charge in [-0.1, -0.05) is 6.07 Å². The van der Waals surface area contributed by atoms with Crippen LogP contribution in [0.1, 0.15) is 84.2 Å². The van der Waals surface area contributed by atoms with E-state index < -0.39 is 0 Å². The predicted molar refractivity (Wildman–Crippen MR) is 152 cm³/mol. The van der Waals surface area contributed by atoms with E-state index in [0.717, 1.165) is 75.2 Å². The number of likely N-dealkylation sites (tertiary alicyclic amines) is 1. The molecule has 8 heteroatoms. The Morgan fingerprint density at radius 3 is 2.33 bits per heavy atom. The van der Waals surface area contributed by atoms with Crippen molar-refractivity contribution in [2.45, 2.75) is 95.9 Å². The minimum absolute atomic E-state index is 0.00739. The Hall–Kier alpha value is -3.13. The van der Waals surface area contributed by atoms with Crippen LogP contribution in [-0.4, -0.2) is 71.6 Å². The van der Waals surface area contributed by atoms with Gasteiger partial charge in [0.2, 0.25) is 0 Å². The summed E-state index contributed by atoms with van der Waals surface area (Å²) in [5.74, 6) is 1.78. The van der Waals surface area contributed by atoms with E-state index in [1.54, 1.807) is 6.20 Å². The number of aromatic nitrogens is 1. The lowest BCUT2D eigenvalue weighted by Gasteiger charge is -2.40. The molecule has 0 saturated carbocycles. The first-order valence-corrected chi connectivity index (χ1v) is 14.7. The highest BCUT2D eigenvalue weighted by molar-refractivity contribution is 5.97. The van der Waals surface area contributed by atoms with Gasteiger partial charge in [0.1, 0.15) is 11.6 Å². The number of piperidine rings is 2. The molecule has 0 spiro atoms. The first kappa shape index (κ1) is 26.1. The van der Waals surface area contributed by atoms with Crippen LogP contribution in [0.5, 0.6) is 5.75 Å². The van der Waals surface area contributed by atoms with Crippen molar-refractivity contribution in [1.29, 1.82) is 0 Å². The third kappa shape index (κ3) is 5.23. The Balaban J connectivity index is 1.05. The molecule has 2 N–H and O–H groups in total. The minimum atomic E-state index is -0.0336. The van der Waals surface area contributed by atoms with E-state index in [1.165, 1.54) is 5.56 Å². The van der Waals surface area contributed by atoms with Gasteiger partial charge >= 0.3 is 0 Å². The topological polar surface area (TPSA) is 86.8 Å². The average molecular weight is 532 g/mol. The molecule has 4 aliphatic rings. The van der Waals surface area contributed by atoms with Crippen molar-refractivity contribution in [1.82, 2.24) is 20.5 Å². The molecule has 1 aromatic carbocycles. The lowest BCUT2D eigenvalue weighted by molar-refractivity contribution is 0.0898. The first-order chi connectivity index (χ1) is 18.9. The molecule has 4 aliphatic heterocycles. The van der Waals surface area contributed by atoms with Crippen LogP contribution in [0.25, 0.3) is 0 Å². The summed E-state index contributed by atoms with van der Waals surface area (Å²) < 4.78 is 5.77. The number of anilines is 1. The van der Waals surface area contributed by atoms with Crippen molar-refractivity contribution >= 4 is 17.6 Å². The highest BCUT2D eigenvalue weighted by Gasteiger charge is 2.42. The number of nitrogens with one attached hydrogen (secondary N) is 2. The molecule has 2 bridgehead atoms. The van der Waals surface area contributed by atoms with E-state index in [4.69, 9.17) is 9.72 Å². The van der Waals surface area contributed by atoms with Crippen molar-refractivity contribution in [2.75, 3.05) is 24.6 Å². The second-order valence-electron chi connectivity index (χ2n) is 12.0. The van der Waals surface area contributed by atoms with Gasteiger partial charge in [0.15, 0.2) is 0 Å². The van der Waals surface area contributed by atoms with Crippen LogP contribution in [0, 0.1) is 6.92 Å². The number of carbonyl (C=O) groups is 2. The SMILES string of the molecule is Cc1c(C(=O)N[C@H]2C[C@H]3CC[C@@H](C2)N3c2ccc(C(=O)NC3CCN(C(C)C)CC3)cn2)ccc2c1OCC2. The maximum atomic E-state index is 13.2. The molecule has 208 valence electrons. The van der Waals surface area contributed by atoms with Crippen LogP contribution in [0.2, 0.25) is 0 Å². The lowest BCUT2D eigenvalue weighted by Crippen LogP contribution is -2.51. The van der Waals surface area contributed by atoms with Crippen molar-refractivity contribution in [3.05, 3.63) is 52.7 Å². The van der Waals surface area contributed by atoms with E-state index in [9.17, 15) is 9.59 Å². The number of fused-ring (bicyclic) bond motifs is 3. The summed E-state index contributed by atoms with van der Waals surface area (Å²) >= 11 is 0. The molecule has 39 heavy (non-hydrogen) atoms. The van der Waals surface area contributed by atoms with Crippen LogP contribution in [0.4, 0.5) is 5.82 Å². The second kappa shape index (κ2) is 10.8. The van der Waals surface area contributed by atoms with Crippen molar-refractivity contribution in [3.63, 3.8) is 0 Å². The van der Waals surface area contributed by atoms with E-state index in [2.05, 4.69) is 34.3 Å². The largest absolute Gasteiger partial charge is 0.493 e. The van der Waals surface area contributed by atoms with Crippen molar-refractivity contribution < 1.29 is 14.3 Å². The molecule has 8 nitrogen and oxygen atoms in total. The maximum Gasteiger partial charge on any atom is 0.253 e. The molecular weight excluding hydrogens is 490 g/mol. The van der Waals surface area contributed by atoms with Crippen LogP contribution < -0.4 is 20.3 Å². The Bertz CT molecular complexity index is 1210. The van der Waals surface area contributed by atoms with E-state index in [-0.39, 0.29) is 23.9 Å². The van der Waals surface area contributed by atoms with Crippen LogP contribution in [0.3, 0.4) is 0 Å². The van der Waals surface area contributed by atoms with Gasteiger partial charge in [-0.3, -0.25) is 9.59 Å². The number of nitrogens with zero attached hydrogens (tertiary/aromatic N) is 3. The molecule has 6 rings (SSSR count). The number of hydrogen-bond donors (Lipinski definition) is 2. The molecule has 3 fully saturated rings. The zero-order valence-electron chi connectivity index (χ0n) is 23.4. The molecule has 3 atom stereocenters. The monoisotopic (exact) mass is 531 g/mol. The fraction of sp³-hybridized carbons (Fsp3) is 0.581. The standard InChI is InChI=1S/C31H41N5O3/c1-19(2)35-13-10-23(11-14-35)33-30(37)22-5-9-28(32-18-22)36-25-6-7-26(36)17-24(16-25)34-31(38)27-8-4-21-12-15-39-29(21)20(27)3/h4-5,8-9,18-19,23-26H,6-7,10-17H2,1-3H3,(H,33,37)(H,34,38)/t24-,25+,26-. The number of carbonyl (C=O) groups excluding carboxylic acids is 2. The van der Waals surface area contributed by atoms with Crippen molar-refractivity contribution in [3.8, 4) is 5.75 Å². The van der Waals surface area contributed by atoms with E-state index in [1.807, 2.05) is 31.2 Å². The zero-order valence-corrected chi connectivity index (χ0v) is 23.4. The molecule has 2 amide bonds. The lowest BCUT2D eigenvalue weighted by atomic mass is 9.96. The van der Waals surface area contributed by atoms with Gasteiger partial charge in [-0.25, -0.2) is 4.98 Å². The summed E-state index contributed by atoms with van der Waals surface area (Å²) in [6, 6.07) is 9.49. The third-order valence-corrected chi connectivity index (χ3v) is 9.29. The number of pyridine rings is 1. The van der Waals surface area contributed by atoms with Gasteiger partial charge in [0.05, 0.1) is 12.2 Å². The maximum absolute atomic E-state index is 13.2. The molecule has 5 heterocycles. The molecule has 3 saturated heterocycles. The average Bonchev–Trinajstić information content (AvgIpc) is 3.52. The van der Waals surface area contributed by atoms with E-state index >= 15 is 0 Å². The van der Waals surface area contributed by atoms with Crippen LogP contribution in [-0.2, 0) is 6.42 Å². The second-order valence-corrected chi connectivity index (χ2v) is 12.0. The first-order valence-electron chi connectivity index (χ1n) is 14.7. The van der Waals surface area contributed by atoms with E-state index in [0.29, 0.717) is 35.9 Å².